The van der Waals surface area contributed by atoms with Gasteiger partial charge in [0.1, 0.15) is 46.1 Å². The maximum absolute atomic E-state index is 13.9. The quantitative estimate of drug-likeness (QED) is 0.0744. The Balaban J connectivity index is 1.14. The molecule has 0 radical (unpaired) electrons. The number of carbonyl (C=O) groups excluding carboxylic acids is 5. The number of carbonyl (C=O) groups is 5. The summed E-state index contributed by atoms with van der Waals surface area (Å²) in [5, 5.41) is 26.0. The van der Waals surface area contributed by atoms with Crippen molar-refractivity contribution in [3.05, 3.63) is 112 Å². The van der Waals surface area contributed by atoms with E-state index in [1.165, 1.54) is 24.0 Å². The molecule has 7 rings (SSSR count). The SMILES string of the molecule is CCn1nc(C)cc1C(=O)NC1=NC2=CC(C(N)=O)=CC(OC/C=C/Cn3ncc(CNC(=O)OC(C)(C)C)n3)C2N1C/C=C/Cn1c(NC(=O)c2cc(C)nn2CC)nc2cc(C(N)=O)cc(OC)c21. The number of aryl methyl sites for hydroxylation is 4. The molecule has 0 bridgehead atoms. The fraction of sp³-hybridized carbons (Fsp3) is 0.383. The number of rotatable bonds is 19. The third kappa shape index (κ3) is 11.9. The van der Waals surface area contributed by atoms with E-state index in [1.54, 1.807) is 91.2 Å². The van der Waals surface area contributed by atoms with Crippen molar-refractivity contribution in [2.24, 2.45) is 16.5 Å². The van der Waals surface area contributed by atoms with E-state index < -0.39 is 47.5 Å². The van der Waals surface area contributed by atoms with Crippen molar-refractivity contribution < 1.29 is 38.2 Å². The molecule has 2 unspecified atom stereocenters. The Morgan fingerprint density at radius 2 is 1.49 bits per heavy atom. The van der Waals surface area contributed by atoms with Gasteiger partial charge in [-0.1, -0.05) is 24.3 Å². The summed E-state index contributed by atoms with van der Waals surface area (Å²) < 4.78 is 22.3. The van der Waals surface area contributed by atoms with E-state index in [-0.39, 0.29) is 49.3 Å². The van der Waals surface area contributed by atoms with Gasteiger partial charge in [-0.3, -0.25) is 39.2 Å². The number of hydrogen-bond acceptors (Lipinski definition) is 15. The van der Waals surface area contributed by atoms with Crippen LogP contribution in [0, 0.1) is 13.8 Å². The number of aliphatic imine (C=N–C) groups is 1. The minimum atomic E-state index is -0.784. The smallest absolute Gasteiger partial charge is 0.407 e. The number of hydrogen-bond donors (Lipinski definition) is 5. The van der Waals surface area contributed by atoms with Gasteiger partial charge < -0.3 is 40.5 Å². The van der Waals surface area contributed by atoms with Gasteiger partial charge in [0.15, 0.2) is 0 Å². The first-order valence-electron chi connectivity index (χ1n) is 22.8. The lowest BCUT2D eigenvalue weighted by Gasteiger charge is -2.33. The van der Waals surface area contributed by atoms with Crippen molar-refractivity contribution in [1.29, 1.82) is 0 Å². The standard InChI is InChI=1S/C47H58N16O8/c1-9-61-34(19-27(3)56-61)42(66)54-44-52-32-21-29(40(48)64)23-36(69-8)38(32)59(44)15-11-12-16-60-39-33(53-45(60)55-43(67)35-20-28(4)57-62(35)10-2)22-30(41(49)65)24-37(39)70-18-14-13-17-63-51-26-31(58-63)25-50-46(68)71-47(5,6)7/h11-14,19-24,26,37,39H,9-10,15-18,25H2,1-8H3,(H2,48,64)(H2,49,65)(H,50,68)(H,52,54,66)(H,53,55,67)/b12-11+,14-13+. The van der Waals surface area contributed by atoms with E-state index >= 15 is 0 Å². The predicted molar refractivity (Wildman–Crippen MR) is 260 cm³/mol. The molecule has 1 aromatic carbocycles. The molecule has 2 atom stereocenters. The second-order valence-electron chi connectivity index (χ2n) is 17.4. The van der Waals surface area contributed by atoms with Gasteiger partial charge in [-0.25, -0.2) is 14.8 Å². The summed E-state index contributed by atoms with van der Waals surface area (Å²) in [4.78, 5) is 77.5. The molecular weight excluding hydrogens is 917 g/mol. The number of aromatic nitrogens is 9. The molecule has 1 aliphatic heterocycles. The van der Waals surface area contributed by atoms with Crippen molar-refractivity contribution in [3.63, 3.8) is 0 Å². The number of methoxy groups -OCH3 is 1. The molecule has 0 saturated carbocycles. The lowest BCUT2D eigenvalue weighted by Crippen LogP contribution is -2.50. The molecule has 71 heavy (non-hydrogen) atoms. The molecule has 7 N–H and O–H groups in total. The molecular formula is C47H58N16O8. The Bertz CT molecular complexity index is 3010. The highest BCUT2D eigenvalue weighted by Gasteiger charge is 2.41. The fourth-order valence-corrected chi connectivity index (χ4v) is 7.90. The average Bonchev–Trinajstić information content (AvgIpc) is 4.16. The van der Waals surface area contributed by atoms with Crippen LogP contribution in [0.15, 0.2) is 83.2 Å². The number of nitrogens with one attached hydrogen (secondary N) is 3. The Morgan fingerprint density at radius 1 is 0.831 bits per heavy atom. The van der Waals surface area contributed by atoms with Gasteiger partial charge in [-0.05, 0) is 84.9 Å². The maximum Gasteiger partial charge on any atom is 0.407 e. The Morgan fingerprint density at radius 3 is 2.13 bits per heavy atom. The Kier molecular flexibility index (Phi) is 15.3. The first kappa shape index (κ1) is 50.5. The molecule has 24 nitrogen and oxygen atoms in total. The van der Waals surface area contributed by atoms with Crippen molar-refractivity contribution in [2.45, 2.75) is 98.9 Å². The van der Waals surface area contributed by atoms with E-state index in [4.69, 9.17) is 35.7 Å². The van der Waals surface area contributed by atoms with Crippen LogP contribution in [0.4, 0.5) is 10.7 Å². The van der Waals surface area contributed by atoms with Crippen molar-refractivity contribution in [2.75, 3.05) is 25.6 Å². The van der Waals surface area contributed by atoms with Gasteiger partial charge in [0, 0.05) is 37.3 Å². The number of alkyl carbamates (subject to hydrolysis) is 1. The maximum atomic E-state index is 13.9. The summed E-state index contributed by atoms with van der Waals surface area (Å²) in [6, 6.07) is 5.75. The van der Waals surface area contributed by atoms with Crippen LogP contribution in [0.1, 0.15) is 83.0 Å². The summed E-state index contributed by atoms with van der Waals surface area (Å²) >= 11 is 0. The van der Waals surface area contributed by atoms with Crippen molar-refractivity contribution in [1.82, 2.24) is 59.6 Å². The number of imidazole rings is 1. The number of allylic oxidation sites excluding steroid dienone is 2. The van der Waals surface area contributed by atoms with Crippen molar-refractivity contribution >= 4 is 52.7 Å². The zero-order valence-electron chi connectivity index (χ0n) is 40.8. The number of primary amides is 2. The molecule has 24 heteroatoms. The zero-order chi connectivity index (χ0) is 51.1. The van der Waals surface area contributed by atoms with E-state index in [0.717, 1.165) is 0 Å². The lowest BCUT2D eigenvalue weighted by atomic mass is 9.96. The molecule has 2 aliphatic rings. The van der Waals surface area contributed by atoms with Gasteiger partial charge in [0.05, 0.1) is 55.6 Å². The third-order valence-corrected chi connectivity index (χ3v) is 11.0. The molecule has 4 aromatic heterocycles. The van der Waals surface area contributed by atoms with E-state index in [0.29, 0.717) is 70.6 Å². The number of ether oxygens (including phenoxy) is 3. The van der Waals surface area contributed by atoms with E-state index in [9.17, 15) is 24.0 Å². The van der Waals surface area contributed by atoms with Gasteiger partial charge in [0.2, 0.25) is 23.7 Å². The molecule has 0 fully saturated rings. The second kappa shape index (κ2) is 21.5. The van der Waals surface area contributed by atoms with Crippen LogP contribution in [-0.4, -0.2) is 123 Å². The molecule has 0 saturated heterocycles. The summed E-state index contributed by atoms with van der Waals surface area (Å²) in [5.41, 5.74) is 14.9. The highest BCUT2D eigenvalue weighted by Crippen LogP contribution is 2.33. The van der Waals surface area contributed by atoms with Crippen LogP contribution < -0.4 is 32.2 Å². The number of amides is 5. The second-order valence-corrected chi connectivity index (χ2v) is 17.4. The summed E-state index contributed by atoms with van der Waals surface area (Å²) in [6.45, 7) is 14.4. The number of guanidine groups is 1. The van der Waals surface area contributed by atoms with Crippen molar-refractivity contribution in [3.8, 4) is 5.75 Å². The Labute approximate surface area is 408 Å². The Hall–Kier alpha value is -8.41. The van der Waals surface area contributed by atoms with Gasteiger partial charge in [-0.2, -0.15) is 25.2 Å². The van der Waals surface area contributed by atoms with Gasteiger partial charge in [-0.15, -0.1) is 0 Å². The first-order valence-corrected chi connectivity index (χ1v) is 22.8. The van der Waals surface area contributed by atoms with Gasteiger partial charge in [0.25, 0.3) is 11.8 Å². The molecule has 5 aromatic rings. The number of anilines is 1. The highest BCUT2D eigenvalue weighted by atomic mass is 16.6. The number of nitrogens with two attached hydrogens (primary N) is 2. The van der Waals surface area contributed by atoms with Crippen LogP contribution in [0.25, 0.3) is 11.0 Å². The minimum absolute atomic E-state index is 0.0890. The number of fused-ring (bicyclic) bond motifs is 2. The molecule has 374 valence electrons. The lowest BCUT2D eigenvalue weighted by molar-refractivity contribution is -0.114. The van der Waals surface area contributed by atoms with Crippen LogP contribution in [-0.2, 0) is 47.0 Å². The summed E-state index contributed by atoms with van der Waals surface area (Å²) in [7, 11) is 1.45. The van der Waals surface area contributed by atoms with Crippen LogP contribution in [0.3, 0.4) is 0 Å². The molecule has 1 aliphatic carbocycles. The fourth-order valence-electron chi connectivity index (χ4n) is 7.90. The van der Waals surface area contributed by atoms with E-state index in [1.807, 2.05) is 30.9 Å². The predicted octanol–water partition coefficient (Wildman–Crippen LogP) is 3.04. The molecule has 0 spiro atoms. The average molecular weight is 975 g/mol. The van der Waals surface area contributed by atoms with Crippen LogP contribution in [0.5, 0.6) is 5.75 Å². The topological polar surface area (TPSA) is 301 Å². The highest BCUT2D eigenvalue weighted by molar-refractivity contribution is 6.07. The summed E-state index contributed by atoms with van der Waals surface area (Å²) in [5.74, 6) is -1.63. The largest absolute Gasteiger partial charge is 0.494 e. The van der Waals surface area contributed by atoms with Crippen LogP contribution >= 0.6 is 0 Å². The minimum Gasteiger partial charge on any atom is -0.494 e. The number of nitrogens with zero attached hydrogens (tertiary/aromatic N) is 11. The normalized spacial score (nSPS) is 15.7. The third-order valence-electron chi connectivity index (χ3n) is 11.0. The van der Waals surface area contributed by atoms with E-state index in [2.05, 4.69) is 36.3 Å². The monoisotopic (exact) mass is 974 g/mol. The summed E-state index contributed by atoms with van der Waals surface area (Å²) in [6.07, 6.45) is 10.7. The first-order chi connectivity index (χ1) is 33.9. The van der Waals surface area contributed by atoms with Crippen LogP contribution in [0.2, 0.25) is 0 Å². The van der Waals surface area contributed by atoms with Gasteiger partial charge >= 0.3 is 6.09 Å². The number of benzene rings is 1. The zero-order valence-corrected chi connectivity index (χ0v) is 40.8. The molecule has 5 heterocycles. The molecule has 5 amide bonds.